The first-order valence-corrected chi connectivity index (χ1v) is 13.5. The molecular formula is C19H34N2O5Si. The molecule has 2 aliphatic heterocycles. The molecular weight excluding hydrogens is 364 g/mol. The van der Waals surface area contributed by atoms with Crippen LogP contribution in [0.5, 0.6) is 0 Å². The fraction of sp³-hybridized carbons (Fsp3) is 0.842. The molecule has 2 heterocycles. The Balaban J connectivity index is 2.09. The zero-order valence-corrected chi connectivity index (χ0v) is 18.5. The van der Waals surface area contributed by atoms with Gasteiger partial charge >= 0.3 is 12.2 Å². The van der Waals surface area contributed by atoms with Gasteiger partial charge in [0.1, 0.15) is 11.9 Å². The molecule has 0 aromatic rings. The van der Waals surface area contributed by atoms with Crippen molar-refractivity contribution < 1.29 is 23.9 Å². The van der Waals surface area contributed by atoms with Crippen molar-refractivity contribution in [3.05, 3.63) is 0 Å². The molecule has 8 heteroatoms. The summed E-state index contributed by atoms with van der Waals surface area (Å²) in [6.45, 7) is 13.0. The molecule has 27 heavy (non-hydrogen) atoms. The van der Waals surface area contributed by atoms with Gasteiger partial charge in [0.2, 0.25) is 0 Å². The Morgan fingerprint density at radius 2 is 1.81 bits per heavy atom. The van der Waals surface area contributed by atoms with Gasteiger partial charge in [-0.3, -0.25) is 4.90 Å². The van der Waals surface area contributed by atoms with E-state index < -0.39 is 13.7 Å². The van der Waals surface area contributed by atoms with Crippen molar-refractivity contribution >= 4 is 26.5 Å². The third kappa shape index (κ3) is 5.70. The second kappa shape index (κ2) is 8.20. The lowest BCUT2D eigenvalue weighted by atomic mass is 10.0. The predicted molar refractivity (Wildman–Crippen MR) is 106 cm³/mol. The van der Waals surface area contributed by atoms with Crippen LogP contribution in [0.25, 0.3) is 0 Å². The normalized spacial score (nSPS) is 25.3. The Morgan fingerprint density at radius 1 is 1.15 bits per heavy atom. The van der Waals surface area contributed by atoms with E-state index in [0.29, 0.717) is 13.2 Å². The number of fused-ring (bicyclic) bond motifs is 2. The highest BCUT2D eigenvalue weighted by Crippen LogP contribution is 2.36. The van der Waals surface area contributed by atoms with Gasteiger partial charge in [0.05, 0.1) is 24.7 Å². The van der Waals surface area contributed by atoms with E-state index in [4.69, 9.17) is 9.47 Å². The molecule has 0 aromatic heterocycles. The number of amides is 2. The second-order valence-electron chi connectivity index (χ2n) is 9.73. The number of piperazine rings is 1. The van der Waals surface area contributed by atoms with E-state index in [0.717, 1.165) is 25.2 Å². The van der Waals surface area contributed by atoms with Crippen molar-refractivity contribution in [2.24, 2.45) is 0 Å². The monoisotopic (exact) mass is 398 g/mol. The van der Waals surface area contributed by atoms with E-state index in [1.54, 1.807) is 9.80 Å². The summed E-state index contributed by atoms with van der Waals surface area (Å²) >= 11 is 0. The molecule has 0 spiro atoms. The second-order valence-corrected chi connectivity index (χ2v) is 15.4. The summed E-state index contributed by atoms with van der Waals surface area (Å²) in [4.78, 5) is 40.0. The quantitative estimate of drug-likeness (QED) is 0.523. The highest BCUT2D eigenvalue weighted by molar-refractivity contribution is 6.76. The van der Waals surface area contributed by atoms with E-state index in [2.05, 4.69) is 19.6 Å². The molecule has 0 aromatic carbocycles. The van der Waals surface area contributed by atoms with E-state index in [9.17, 15) is 14.4 Å². The summed E-state index contributed by atoms with van der Waals surface area (Å²) in [5.74, 6) is 0. The molecule has 3 atom stereocenters. The van der Waals surface area contributed by atoms with Crippen LogP contribution in [-0.4, -0.2) is 73.2 Å². The fourth-order valence-electron chi connectivity index (χ4n) is 3.76. The van der Waals surface area contributed by atoms with Crippen LogP contribution < -0.4 is 0 Å². The van der Waals surface area contributed by atoms with Crippen LogP contribution in [0.3, 0.4) is 0 Å². The maximum absolute atomic E-state index is 12.7. The number of hydrogen-bond donors (Lipinski definition) is 0. The zero-order chi connectivity index (χ0) is 20.4. The van der Waals surface area contributed by atoms with E-state index >= 15 is 0 Å². The summed E-state index contributed by atoms with van der Waals surface area (Å²) in [6, 6.07) is 0.265. The number of carbonyl (C=O) groups is 3. The molecule has 154 valence electrons. The minimum absolute atomic E-state index is 0.0858. The maximum Gasteiger partial charge on any atom is 0.410 e. The topological polar surface area (TPSA) is 76.2 Å². The van der Waals surface area contributed by atoms with Crippen LogP contribution in [0.4, 0.5) is 9.59 Å². The van der Waals surface area contributed by atoms with Gasteiger partial charge in [-0.15, -0.1) is 0 Å². The highest BCUT2D eigenvalue weighted by Gasteiger charge is 2.51. The highest BCUT2D eigenvalue weighted by atomic mass is 28.3. The van der Waals surface area contributed by atoms with Gasteiger partial charge in [-0.25, -0.2) is 9.59 Å². The first kappa shape index (κ1) is 21.7. The van der Waals surface area contributed by atoms with E-state index in [-0.39, 0.29) is 36.7 Å². The van der Waals surface area contributed by atoms with Gasteiger partial charge in [-0.05, 0) is 39.7 Å². The fourth-order valence-corrected chi connectivity index (χ4v) is 4.47. The Morgan fingerprint density at radius 3 is 2.37 bits per heavy atom. The van der Waals surface area contributed by atoms with E-state index in [1.165, 1.54) is 0 Å². The average Bonchev–Trinajstić information content (AvgIpc) is 2.83. The minimum atomic E-state index is -1.29. The van der Waals surface area contributed by atoms with Crippen LogP contribution in [0.15, 0.2) is 0 Å². The molecule has 7 nitrogen and oxygen atoms in total. The van der Waals surface area contributed by atoms with Gasteiger partial charge in [0, 0.05) is 21.0 Å². The molecule has 2 saturated heterocycles. The summed E-state index contributed by atoms with van der Waals surface area (Å²) in [6.07, 6.45) is 1.84. The lowest BCUT2D eigenvalue weighted by Gasteiger charge is -2.45. The molecule has 2 rings (SSSR count). The Labute approximate surface area is 163 Å². The van der Waals surface area contributed by atoms with Crippen molar-refractivity contribution in [2.45, 2.75) is 89.4 Å². The molecule has 2 fully saturated rings. The SMILES string of the molecule is CC(C)(C)OC(=O)N1[C@@H]2CC[C@H]1[C@@H](CC=O)N(C(=O)OCC[Si](C)(C)C)C2. The van der Waals surface area contributed by atoms with Gasteiger partial charge in [-0.1, -0.05) is 19.6 Å². The number of hydrogen-bond acceptors (Lipinski definition) is 5. The number of rotatable bonds is 5. The molecule has 0 aliphatic carbocycles. The summed E-state index contributed by atoms with van der Waals surface area (Å²) in [7, 11) is -1.29. The van der Waals surface area contributed by atoms with Crippen LogP contribution in [-0.2, 0) is 14.3 Å². The van der Waals surface area contributed by atoms with Crippen molar-refractivity contribution in [2.75, 3.05) is 13.2 Å². The Hall–Kier alpha value is -1.57. The number of carbonyl (C=O) groups excluding carboxylic acids is 3. The zero-order valence-electron chi connectivity index (χ0n) is 17.5. The molecule has 0 N–H and O–H groups in total. The van der Waals surface area contributed by atoms with Gasteiger partial charge in [0.15, 0.2) is 0 Å². The average molecular weight is 399 g/mol. The first-order valence-electron chi connectivity index (χ1n) is 9.81. The largest absolute Gasteiger partial charge is 0.450 e. The third-order valence-corrected chi connectivity index (χ3v) is 6.76. The Bertz CT molecular complexity index is 569. The molecule has 0 unspecified atom stereocenters. The standard InChI is InChI=1S/C19H34N2O5Si/c1-19(2,3)26-18(24)21-14-7-8-16(21)15(9-10-22)20(13-14)17(23)25-11-12-27(4,5)6/h10,14-16H,7-9,11-13H2,1-6H3/t14-,15-,16+/m1/s1. The van der Waals surface area contributed by atoms with Crippen LogP contribution in [0.2, 0.25) is 25.7 Å². The number of nitrogens with zero attached hydrogens (tertiary/aromatic N) is 2. The lowest BCUT2D eigenvalue weighted by Crippen LogP contribution is -2.63. The lowest BCUT2D eigenvalue weighted by molar-refractivity contribution is -0.110. The minimum Gasteiger partial charge on any atom is -0.450 e. The van der Waals surface area contributed by atoms with Gasteiger partial charge in [-0.2, -0.15) is 0 Å². The Kier molecular flexibility index (Phi) is 6.60. The van der Waals surface area contributed by atoms with Crippen molar-refractivity contribution in [3.8, 4) is 0 Å². The van der Waals surface area contributed by atoms with Gasteiger partial charge in [0.25, 0.3) is 0 Å². The van der Waals surface area contributed by atoms with E-state index in [1.807, 2.05) is 20.8 Å². The van der Waals surface area contributed by atoms with Crippen molar-refractivity contribution in [1.82, 2.24) is 9.80 Å². The van der Waals surface area contributed by atoms with Crippen LogP contribution in [0.1, 0.15) is 40.0 Å². The predicted octanol–water partition coefficient (Wildman–Crippen LogP) is 3.50. The first-order chi connectivity index (χ1) is 12.4. The molecule has 0 saturated carbocycles. The molecule has 2 aliphatic rings. The number of likely N-dealkylation sites (tertiary alicyclic amines) is 1. The van der Waals surface area contributed by atoms with Crippen molar-refractivity contribution in [3.63, 3.8) is 0 Å². The third-order valence-electron chi connectivity index (χ3n) is 5.05. The van der Waals surface area contributed by atoms with Crippen LogP contribution >= 0.6 is 0 Å². The summed E-state index contributed by atoms with van der Waals surface area (Å²) in [5.41, 5.74) is -0.580. The summed E-state index contributed by atoms with van der Waals surface area (Å²) < 4.78 is 11.1. The smallest absolute Gasteiger partial charge is 0.410 e. The molecule has 2 bridgehead atoms. The number of aldehydes is 1. The van der Waals surface area contributed by atoms with Crippen LogP contribution in [0, 0.1) is 0 Å². The maximum atomic E-state index is 12.7. The number of ether oxygens (including phenoxy) is 2. The summed E-state index contributed by atoms with van der Waals surface area (Å²) in [5, 5.41) is 0. The van der Waals surface area contributed by atoms with Crippen molar-refractivity contribution in [1.29, 1.82) is 0 Å². The van der Waals surface area contributed by atoms with Gasteiger partial charge < -0.3 is 19.2 Å². The molecule has 2 amide bonds. The molecule has 0 radical (unpaired) electrons.